The third kappa shape index (κ3) is 5.45. The van der Waals surface area contributed by atoms with Gasteiger partial charge in [-0.05, 0) is 24.3 Å². The molecule has 1 aliphatic rings. The van der Waals surface area contributed by atoms with Crippen LogP contribution < -0.4 is 10.6 Å². The van der Waals surface area contributed by atoms with Crippen molar-refractivity contribution in [1.29, 1.82) is 0 Å². The number of esters is 1. The molecular weight excluding hydrogens is 308 g/mol. The molecule has 2 rings (SSSR count). The summed E-state index contributed by atoms with van der Waals surface area (Å²) in [5.74, 6) is -1.37. The lowest BCUT2D eigenvalue weighted by molar-refractivity contribution is -0.147. The predicted octanol–water partition coefficient (Wildman–Crippen LogP) is 0.316. The molecule has 0 aliphatic carbocycles. The van der Waals surface area contributed by atoms with Gasteiger partial charge in [0.1, 0.15) is 6.54 Å². The van der Waals surface area contributed by atoms with Crippen molar-refractivity contribution in [2.45, 2.75) is 18.9 Å². The smallest absolute Gasteiger partial charge is 0.325 e. The summed E-state index contributed by atoms with van der Waals surface area (Å²) in [4.78, 5) is 35.1. The number of hydrogen-bond donors (Lipinski definition) is 2. The molecule has 0 radical (unpaired) electrons. The van der Waals surface area contributed by atoms with Crippen molar-refractivity contribution in [2.75, 3.05) is 26.3 Å². The minimum atomic E-state index is -0.655. The first-order valence-electron chi connectivity index (χ1n) is 7.01. The highest BCUT2D eigenvalue weighted by atomic mass is 32.1. The van der Waals surface area contributed by atoms with Gasteiger partial charge in [-0.3, -0.25) is 14.4 Å². The fourth-order valence-electron chi connectivity index (χ4n) is 1.93. The summed E-state index contributed by atoms with van der Waals surface area (Å²) in [7, 11) is 0. The van der Waals surface area contributed by atoms with E-state index >= 15 is 0 Å². The molecule has 0 bridgehead atoms. The lowest BCUT2D eigenvalue weighted by atomic mass is 10.2. The Morgan fingerprint density at radius 3 is 2.91 bits per heavy atom. The molecule has 2 heterocycles. The Kier molecular flexibility index (Phi) is 6.35. The first kappa shape index (κ1) is 16.4. The van der Waals surface area contributed by atoms with Crippen LogP contribution in [-0.4, -0.2) is 50.2 Å². The minimum Gasteiger partial charge on any atom is -0.454 e. The summed E-state index contributed by atoms with van der Waals surface area (Å²) in [6.45, 7) is 0.515. The molecule has 8 heteroatoms. The summed E-state index contributed by atoms with van der Waals surface area (Å²) in [6, 6.07) is 3.40. The Morgan fingerprint density at radius 2 is 2.23 bits per heavy atom. The molecule has 120 valence electrons. The molecular formula is C14H18N2O5S. The number of hydrogen-bond acceptors (Lipinski definition) is 6. The second-order valence-corrected chi connectivity index (χ2v) is 5.71. The van der Waals surface area contributed by atoms with Gasteiger partial charge in [0.05, 0.1) is 11.0 Å². The highest BCUT2D eigenvalue weighted by Crippen LogP contribution is 2.10. The fraction of sp³-hybridized carbons (Fsp3) is 0.500. The summed E-state index contributed by atoms with van der Waals surface area (Å²) < 4.78 is 10.1. The van der Waals surface area contributed by atoms with Crippen molar-refractivity contribution in [3.63, 3.8) is 0 Å². The quantitative estimate of drug-likeness (QED) is 0.704. The van der Waals surface area contributed by atoms with E-state index in [9.17, 15) is 14.4 Å². The average Bonchev–Trinajstić information content (AvgIpc) is 3.21. The molecule has 1 atom stereocenters. The zero-order valence-electron chi connectivity index (χ0n) is 12.0. The number of carbonyl (C=O) groups is 3. The second kappa shape index (κ2) is 8.50. The van der Waals surface area contributed by atoms with Crippen molar-refractivity contribution < 1.29 is 23.9 Å². The van der Waals surface area contributed by atoms with Crippen LogP contribution in [0.4, 0.5) is 0 Å². The van der Waals surface area contributed by atoms with Crippen LogP contribution in [0, 0.1) is 0 Å². The van der Waals surface area contributed by atoms with Gasteiger partial charge in [0.15, 0.2) is 6.61 Å². The van der Waals surface area contributed by atoms with Crippen molar-refractivity contribution in [1.82, 2.24) is 10.6 Å². The normalized spacial score (nSPS) is 17.0. The molecule has 0 aromatic carbocycles. The Labute approximate surface area is 132 Å². The summed E-state index contributed by atoms with van der Waals surface area (Å²) in [6.07, 6.45) is 1.97. The molecule has 1 aromatic rings. The van der Waals surface area contributed by atoms with Gasteiger partial charge in [-0.15, -0.1) is 11.3 Å². The van der Waals surface area contributed by atoms with Gasteiger partial charge in [0.2, 0.25) is 0 Å². The van der Waals surface area contributed by atoms with Crippen molar-refractivity contribution in [3.8, 4) is 0 Å². The van der Waals surface area contributed by atoms with E-state index < -0.39 is 5.97 Å². The molecule has 0 unspecified atom stereocenters. The van der Waals surface area contributed by atoms with Gasteiger partial charge < -0.3 is 20.1 Å². The first-order chi connectivity index (χ1) is 10.6. The molecule has 1 aliphatic heterocycles. The predicted molar refractivity (Wildman–Crippen MR) is 79.6 cm³/mol. The van der Waals surface area contributed by atoms with E-state index in [0.717, 1.165) is 19.4 Å². The molecule has 0 saturated carbocycles. The number of ether oxygens (including phenoxy) is 2. The standard InChI is InChI=1S/C14H18N2O5S/c17-12(15-7-10-3-1-5-20-10)9-21-13(18)8-16-14(19)11-4-2-6-22-11/h2,4,6,10H,1,3,5,7-9H2,(H,15,17)(H,16,19)/t10-/m1/s1. The maximum atomic E-state index is 11.6. The van der Waals surface area contributed by atoms with Crippen LogP contribution in [0.2, 0.25) is 0 Å². The first-order valence-corrected chi connectivity index (χ1v) is 7.89. The van der Waals surface area contributed by atoms with Crippen LogP contribution in [0.1, 0.15) is 22.5 Å². The molecule has 0 spiro atoms. The van der Waals surface area contributed by atoms with Crippen LogP contribution in [-0.2, 0) is 19.1 Å². The van der Waals surface area contributed by atoms with Crippen LogP contribution in [0.3, 0.4) is 0 Å². The number of carbonyl (C=O) groups excluding carboxylic acids is 3. The average molecular weight is 326 g/mol. The SMILES string of the molecule is O=C(COC(=O)CNC(=O)c1cccs1)NC[C@H]1CCCO1. The monoisotopic (exact) mass is 326 g/mol. The van der Waals surface area contributed by atoms with Gasteiger partial charge in [-0.25, -0.2) is 0 Å². The fourth-order valence-corrected chi connectivity index (χ4v) is 2.57. The van der Waals surface area contributed by atoms with Gasteiger partial charge in [-0.1, -0.05) is 6.07 Å². The Bertz CT molecular complexity index is 511. The molecule has 1 saturated heterocycles. The Morgan fingerprint density at radius 1 is 1.36 bits per heavy atom. The Balaban J connectivity index is 1.56. The zero-order valence-corrected chi connectivity index (χ0v) is 12.8. The number of rotatable bonds is 7. The minimum absolute atomic E-state index is 0.0461. The molecule has 2 N–H and O–H groups in total. The summed E-state index contributed by atoms with van der Waals surface area (Å²) in [5.41, 5.74) is 0. The van der Waals surface area contributed by atoms with E-state index in [2.05, 4.69) is 10.6 Å². The van der Waals surface area contributed by atoms with E-state index in [1.165, 1.54) is 11.3 Å². The van der Waals surface area contributed by atoms with E-state index in [1.54, 1.807) is 17.5 Å². The number of amides is 2. The number of nitrogens with one attached hydrogen (secondary N) is 2. The lowest BCUT2D eigenvalue weighted by Gasteiger charge is -2.11. The lowest BCUT2D eigenvalue weighted by Crippen LogP contribution is -2.36. The van der Waals surface area contributed by atoms with Gasteiger partial charge in [-0.2, -0.15) is 0 Å². The second-order valence-electron chi connectivity index (χ2n) is 4.76. The summed E-state index contributed by atoms with van der Waals surface area (Å²) in [5, 5.41) is 6.84. The van der Waals surface area contributed by atoms with Crippen LogP contribution in [0.15, 0.2) is 17.5 Å². The Hall–Kier alpha value is -1.93. The van der Waals surface area contributed by atoms with Gasteiger partial charge >= 0.3 is 5.97 Å². The summed E-state index contributed by atoms with van der Waals surface area (Å²) >= 11 is 1.28. The van der Waals surface area contributed by atoms with Gasteiger partial charge in [0, 0.05) is 13.2 Å². The third-order valence-corrected chi connectivity index (χ3v) is 3.92. The largest absolute Gasteiger partial charge is 0.454 e. The maximum Gasteiger partial charge on any atom is 0.325 e. The van der Waals surface area contributed by atoms with Crippen LogP contribution in [0.5, 0.6) is 0 Å². The molecule has 22 heavy (non-hydrogen) atoms. The van der Waals surface area contributed by atoms with Crippen LogP contribution >= 0.6 is 11.3 Å². The molecule has 2 amide bonds. The van der Waals surface area contributed by atoms with Crippen molar-refractivity contribution >= 4 is 29.1 Å². The highest BCUT2D eigenvalue weighted by molar-refractivity contribution is 7.12. The van der Waals surface area contributed by atoms with E-state index in [1.807, 2.05) is 0 Å². The highest BCUT2D eigenvalue weighted by Gasteiger charge is 2.16. The molecule has 7 nitrogen and oxygen atoms in total. The van der Waals surface area contributed by atoms with E-state index in [0.29, 0.717) is 11.4 Å². The van der Waals surface area contributed by atoms with Crippen molar-refractivity contribution in [3.05, 3.63) is 22.4 Å². The van der Waals surface area contributed by atoms with Crippen LogP contribution in [0.25, 0.3) is 0 Å². The topological polar surface area (TPSA) is 93.7 Å². The maximum absolute atomic E-state index is 11.6. The van der Waals surface area contributed by atoms with E-state index in [4.69, 9.17) is 9.47 Å². The van der Waals surface area contributed by atoms with E-state index in [-0.39, 0.29) is 31.1 Å². The van der Waals surface area contributed by atoms with Gasteiger partial charge in [0.25, 0.3) is 11.8 Å². The zero-order chi connectivity index (χ0) is 15.8. The molecule has 1 fully saturated rings. The number of thiophene rings is 1. The van der Waals surface area contributed by atoms with Crippen molar-refractivity contribution in [2.24, 2.45) is 0 Å². The molecule has 1 aromatic heterocycles. The third-order valence-electron chi connectivity index (χ3n) is 3.05.